The molecule has 140 valence electrons. The quantitative estimate of drug-likeness (QED) is 0.811. The zero-order chi connectivity index (χ0) is 18.4. The minimum Gasteiger partial charge on any atom is -0.317 e. The van der Waals surface area contributed by atoms with Gasteiger partial charge in [0, 0.05) is 25.0 Å². The molecule has 2 heterocycles. The second-order valence-electron chi connectivity index (χ2n) is 6.87. The summed E-state index contributed by atoms with van der Waals surface area (Å²) in [6, 6.07) is 11.2. The smallest absolute Gasteiger partial charge is 0.243 e. The molecule has 0 spiro atoms. The number of aromatic nitrogens is 1. The molecule has 1 aliphatic rings. The first-order valence-electron chi connectivity index (χ1n) is 9.25. The van der Waals surface area contributed by atoms with E-state index in [0.29, 0.717) is 11.4 Å². The maximum atomic E-state index is 13.3. The van der Waals surface area contributed by atoms with Gasteiger partial charge in [-0.3, -0.25) is 4.98 Å². The highest BCUT2D eigenvalue weighted by Gasteiger charge is 2.31. The van der Waals surface area contributed by atoms with E-state index >= 15 is 0 Å². The van der Waals surface area contributed by atoms with Crippen LogP contribution in [-0.4, -0.2) is 43.4 Å². The van der Waals surface area contributed by atoms with Crippen LogP contribution in [0.25, 0.3) is 0 Å². The molecule has 0 bridgehead atoms. The van der Waals surface area contributed by atoms with E-state index in [1.54, 1.807) is 28.8 Å². The van der Waals surface area contributed by atoms with E-state index in [1.807, 2.05) is 31.2 Å². The third-order valence-corrected chi connectivity index (χ3v) is 6.90. The zero-order valence-corrected chi connectivity index (χ0v) is 16.1. The van der Waals surface area contributed by atoms with Crippen molar-refractivity contribution in [2.24, 2.45) is 0 Å². The van der Waals surface area contributed by atoms with E-state index in [2.05, 4.69) is 10.3 Å². The van der Waals surface area contributed by atoms with E-state index in [-0.39, 0.29) is 6.04 Å². The zero-order valence-electron chi connectivity index (χ0n) is 15.3. The number of nitrogens with one attached hydrogen (secondary N) is 1. The molecule has 0 aliphatic carbocycles. The second-order valence-corrected chi connectivity index (χ2v) is 8.76. The number of nitrogens with zero attached hydrogens (tertiary/aromatic N) is 2. The van der Waals surface area contributed by atoms with Crippen LogP contribution >= 0.6 is 0 Å². The van der Waals surface area contributed by atoms with Gasteiger partial charge in [-0.15, -0.1) is 0 Å². The fourth-order valence-corrected chi connectivity index (χ4v) is 5.15. The van der Waals surface area contributed by atoms with Gasteiger partial charge in [0.25, 0.3) is 0 Å². The summed E-state index contributed by atoms with van der Waals surface area (Å²) in [6.07, 6.45) is 6.94. The number of hydrogen-bond acceptors (Lipinski definition) is 4. The molecule has 2 aromatic rings. The Balaban J connectivity index is 1.77. The lowest BCUT2D eigenvalue weighted by atomic mass is 10.1. The van der Waals surface area contributed by atoms with Gasteiger partial charge in [-0.25, -0.2) is 8.42 Å². The fraction of sp³-hybridized carbons (Fsp3) is 0.450. The van der Waals surface area contributed by atoms with Crippen LogP contribution in [-0.2, 0) is 16.4 Å². The highest BCUT2D eigenvalue weighted by atomic mass is 32.2. The van der Waals surface area contributed by atoms with Crippen LogP contribution in [0.1, 0.15) is 30.4 Å². The number of benzene rings is 1. The van der Waals surface area contributed by atoms with Crippen LogP contribution in [0.4, 0.5) is 0 Å². The van der Waals surface area contributed by atoms with Gasteiger partial charge < -0.3 is 5.32 Å². The number of aryl methyl sites for hydroxylation is 2. The third-order valence-electron chi connectivity index (χ3n) is 4.94. The SMILES string of the molecule is Cc1ccc(S(=O)(=O)N(CCCc2ccncc2)C2CCNCC2)cc1. The minimum absolute atomic E-state index is 0.0694. The predicted molar refractivity (Wildman–Crippen MR) is 104 cm³/mol. The third kappa shape index (κ3) is 4.69. The average molecular weight is 374 g/mol. The van der Waals surface area contributed by atoms with Crippen LogP contribution < -0.4 is 5.32 Å². The van der Waals surface area contributed by atoms with E-state index in [0.717, 1.165) is 44.3 Å². The molecule has 0 radical (unpaired) electrons. The van der Waals surface area contributed by atoms with Gasteiger partial charge in [0.05, 0.1) is 4.90 Å². The Kier molecular flexibility index (Phi) is 6.40. The molecule has 0 saturated carbocycles. The van der Waals surface area contributed by atoms with E-state index < -0.39 is 10.0 Å². The van der Waals surface area contributed by atoms with Crippen molar-refractivity contribution in [3.05, 3.63) is 59.9 Å². The van der Waals surface area contributed by atoms with Crippen molar-refractivity contribution in [2.75, 3.05) is 19.6 Å². The van der Waals surface area contributed by atoms with Crippen LogP contribution in [0.15, 0.2) is 53.7 Å². The summed E-state index contributed by atoms with van der Waals surface area (Å²) >= 11 is 0. The van der Waals surface area contributed by atoms with E-state index in [1.165, 1.54) is 5.56 Å². The average Bonchev–Trinajstić information content (AvgIpc) is 2.67. The van der Waals surface area contributed by atoms with Crippen molar-refractivity contribution in [1.29, 1.82) is 0 Å². The number of sulfonamides is 1. The maximum absolute atomic E-state index is 13.3. The summed E-state index contributed by atoms with van der Waals surface area (Å²) in [4.78, 5) is 4.43. The monoisotopic (exact) mass is 373 g/mol. The topological polar surface area (TPSA) is 62.3 Å². The molecular formula is C20H27N3O2S. The fourth-order valence-electron chi connectivity index (χ4n) is 3.43. The van der Waals surface area contributed by atoms with Crippen molar-refractivity contribution < 1.29 is 8.42 Å². The maximum Gasteiger partial charge on any atom is 0.243 e. The molecule has 0 amide bonds. The Labute approximate surface area is 156 Å². The Morgan fingerprint density at radius 2 is 1.73 bits per heavy atom. The Hall–Kier alpha value is -1.76. The standard InChI is InChI=1S/C20H27N3O2S/c1-17-4-6-20(7-5-17)26(24,25)23(19-10-14-22-15-11-19)16-2-3-18-8-12-21-13-9-18/h4-9,12-13,19,22H,2-3,10-11,14-16H2,1H3. The molecular weight excluding hydrogens is 346 g/mol. The van der Waals surface area contributed by atoms with Gasteiger partial charge in [-0.2, -0.15) is 4.31 Å². The van der Waals surface area contributed by atoms with Crippen molar-refractivity contribution in [2.45, 2.75) is 43.5 Å². The summed E-state index contributed by atoms with van der Waals surface area (Å²) in [5.41, 5.74) is 2.26. The summed E-state index contributed by atoms with van der Waals surface area (Å²) in [6.45, 7) is 4.25. The molecule has 1 saturated heterocycles. The molecule has 26 heavy (non-hydrogen) atoms. The number of piperidine rings is 1. The van der Waals surface area contributed by atoms with Crippen molar-refractivity contribution in [1.82, 2.24) is 14.6 Å². The summed E-state index contributed by atoms with van der Waals surface area (Å²) in [5.74, 6) is 0. The normalized spacial score (nSPS) is 16.1. The Bertz CT molecular complexity index is 786. The molecule has 3 rings (SSSR count). The number of rotatable bonds is 7. The van der Waals surface area contributed by atoms with Gasteiger partial charge in [-0.05, 0) is 75.5 Å². The summed E-state index contributed by atoms with van der Waals surface area (Å²) < 4.78 is 28.3. The first-order chi connectivity index (χ1) is 12.6. The number of hydrogen-bond donors (Lipinski definition) is 1. The summed E-state index contributed by atoms with van der Waals surface area (Å²) in [5, 5.41) is 3.32. The molecule has 1 aromatic heterocycles. The lowest BCUT2D eigenvalue weighted by molar-refractivity contribution is 0.260. The van der Waals surface area contributed by atoms with Crippen LogP contribution in [0.5, 0.6) is 0 Å². The van der Waals surface area contributed by atoms with Gasteiger partial charge >= 0.3 is 0 Å². The van der Waals surface area contributed by atoms with E-state index in [9.17, 15) is 8.42 Å². The van der Waals surface area contributed by atoms with Crippen LogP contribution in [0.2, 0.25) is 0 Å². The van der Waals surface area contributed by atoms with Gasteiger partial charge in [0.1, 0.15) is 0 Å². The largest absolute Gasteiger partial charge is 0.317 e. The molecule has 1 aliphatic heterocycles. The first-order valence-corrected chi connectivity index (χ1v) is 10.7. The summed E-state index contributed by atoms with van der Waals surface area (Å²) in [7, 11) is -3.48. The van der Waals surface area contributed by atoms with E-state index in [4.69, 9.17) is 0 Å². The van der Waals surface area contributed by atoms with Gasteiger partial charge in [-0.1, -0.05) is 17.7 Å². The minimum atomic E-state index is -3.48. The highest BCUT2D eigenvalue weighted by molar-refractivity contribution is 7.89. The van der Waals surface area contributed by atoms with Crippen molar-refractivity contribution in [3.63, 3.8) is 0 Å². The molecule has 0 unspecified atom stereocenters. The van der Waals surface area contributed by atoms with Gasteiger partial charge in [0.2, 0.25) is 10.0 Å². The van der Waals surface area contributed by atoms with Crippen LogP contribution in [0.3, 0.4) is 0 Å². The predicted octanol–water partition coefficient (Wildman–Crippen LogP) is 2.77. The molecule has 1 fully saturated rings. The molecule has 1 N–H and O–H groups in total. The Morgan fingerprint density at radius 1 is 1.08 bits per heavy atom. The lowest BCUT2D eigenvalue weighted by Crippen LogP contribution is -2.46. The number of pyridine rings is 1. The highest BCUT2D eigenvalue weighted by Crippen LogP contribution is 2.23. The van der Waals surface area contributed by atoms with Gasteiger partial charge in [0.15, 0.2) is 0 Å². The molecule has 6 heteroatoms. The molecule has 5 nitrogen and oxygen atoms in total. The first kappa shape index (κ1) is 19.0. The van der Waals surface area contributed by atoms with Crippen molar-refractivity contribution >= 4 is 10.0 Å². The van der Waals surface area contributed by atoms with Crippen molar-refractivity contribution in [3.8, 4) is 0 Å². The Morgan fingerprint density at radius 3 is 2.38 bits per heavy atom. The van der Waals surface area contributed by atoms with Crippen LogP contribution in [0, 0.1) is 6.92 Å². The molecule has 0 atom stereocenters. The second kappa shape index (κ2) is 8.75. The lowest BCUT2D eigenvalue weighted by Gasteiger charge is -2.34. The molecule has 1 aromatic carbocycles.